The monoisotopic (exact) mass is 536 g/mol. The molecule has 0 amide bonds. The highest BCUT2D eigenvalue weighted by molar-refractivity contribution is 5.78. The van der Waals surface area contributed by atoms with E-state index in [0.717, 1.165) is 16.7 Å². The maximum Gasteiger partial charge on any atom is 0.307 e. The molecule has 3 aromatic rings. The van der Waals surface area contributed by atoms with Crippen LogP contribution < -0.4 is 9.47 Å². The smallest absolute Gasteiger partial charge is 0.307 e. The van der Waals surface area contributed by atoms with Gasteiger partial charge in [-0.25, -0.2) is 8.78 Å². The summed E-state index contributed by atoms with van der Waals surface area (Å²) < 4.78 is 47.9. The molecule has 0 heterocycles. The van der Waals surface area contributed by atoms with Crippen LogP contribution in [0, 0.1) is 23.0 Å². The van der Waals surface area contributed by atoms with Gasteiger partial charge in [-0.2, -0.15) is 0 Å². The first-order chi connectivity index (χ1) is 18.5. The average Bonchev–Trinajstić information content (AvgIpc) is 3.50. The Kier molecular flexibility index (Phi) is 6.91. The zero-order chi connectivity index (χ0) is 28.1. The third kappa shape index (κ3) is 4.78. The number of carboxylic acids is 1. The Morgan fingerprint density at radius 1 is 1.08 bits per heavy atom. The second-order valence-corrected chi connectivity index (χ2v) is 11.7. The molecule has 1 fully saturated rings. The van der Waals surface area contributed by atoms with Gasteiger partial charge in [0.25, 0.3) is 0 Å². The van der Waals surface area contributed by atoms with Crippen LogP contribution in [0.2, 0.25) is 0 Å². The number of rotatable bonds is 8. The number of aryl methyl sites for hydroxylation is 1. The van der Waals surface area contributed by atoms with Crippen LogP contribution in [0.4, 0.5) is 8.78 Å². The molecule has 1 spiro atoms. The van der Waals surface area contributed by atoms with E-state index in [4.69, 9.17) is 14.2 Å². The van der Waals surface area contributed by atoms with Crippen LogP contribution in [0.15, 0.2) is 48.5 Å². The van der Waals surface area contributed by atoms with Crippen LogP contribution in [0.1, 0.15) is 62.0 Å². The third-order valence-electron chi connectivity index (χ3n) is 8.18. The summed E-state index contributed by atoms with van der Waals surface area (Å²) in [5, 5.41) is 9.52. The number of fused-ring (bicyclic) bond motifs is 2. The molecule has 2 aliphatic rings. The molecule has 3 atom stereocenters. The van der Waals surface area contributed by atoms with Crippen molar-refractivity contribution in [1.29, 1.82) is 0 Å². The number of benzene rings is 3. The Hall–Kier alpha value is -3.45. The van der Waals surface area contributed by atoms with Gasteiger partial charge in [0.2, 0.25) is 0 Å². The number of aliphatic carboxylic acids is 1. The van der Waals surface area contributed by atoms with Crippen LogP contribution in [0.25, 0.3) is 11.1 Å². The third-order valence-corrected chi connectivity index (χ3v) is 8.18. The Labute approximate surface area is 227 Å². The predicted octanol–water partition coefficient (Wildman–Crippen LogP) is 7.24. The summed E-state index contributed by atoms with van der Waals surface area (Å²) in [5.74, 6) is -1.61. The number of carbonyl (C=O) groups is 1. The van der Waals surface area contributed by atoms with E-state index in [1.54, 1.807) is 25.3 Å². The molecule has 2 aliphatic carbocycles. The molecule has 0 aliphatic heterocycles. The summed E-state index contributed by atoms with van der Waals surface area (Å²) >= 11 is 0. The molecule has 1 N–H and O–H groups in total. The first-order valence-corrected chi connectivity index (χ1v) is 13.2. The zero-order valence-electron chi connectivity index (χ0n) is 22.9. The number of carboxylic acid groups (broad SMARTS) is 1. The maximum atomic E-state index is 15.7. The van der Waals surface area contributed by atoms with Gasteiger partial charge in [0.1, 0.15) is 18.2 Å². The lowest BCUT2D eigenvalue weighted by Gasteiger charge is -2.32. The molecular weight excluding hydrogens is 502 g/mol. The fourth-order valence-electron chi connectivity index (χ4n) is 6.23. The van der Waals surface area contributed by atoms with Crippen LogP contribution in [0.3, 0.4) is 0 Å². The highest BCUT2D eigenvalue weighted by Crippen LogP contribution is 2.62. The number of halogens is 2. The second-order valence-electron chi connectivity index (χ2n) is 11.7. The van der Waals surface area contributed by atoms with Gasteiger partial charge in [0, 0.05) is 23.7 Å². The summed E-state index contributed by atoms with van der Waals surface area (Å²) in [6.07, 6.45) is 1.42. The number of hydrogen-bond acceptors (Lipinski definition) is 4. The predicted molar refractivity (Wildman–Crippen MR) is 144 cm³/mol. The van der Waals surface area contributed by atoms with E-state index in [1.807, 2.05) is 45.0 Å². The molecule has 0 radical (unpaired) electrons. The quantitative estimate of drug-likeness (QED) is 0.329. The molecule has 3 aromatic carbocycles. The number of hydrogen-bond donors (Lipinski definition) is 1. The molecule has 0 saturated heterocycles. The highest BCUT2D eigenvalue weighted by Gasteiger charge is 2.63. The number of methoxy groups -OCH3 is 2. The van der Waals surface area contributed by atoms with Crippen LogP contribution in [0.5, 0.6) is 11.5 Å². The average molecular weight is 537 g/mol. The minimum Gasteiger partial charge on any atom is -0.497 e. The fraction of sp³-hybridized carbons (Fsp3) is 0.406. The van der Waals surface area contributed by atoms with Gasteiger partial charge in [-0.1, -0.05) is 39.0 Å². The molecule has 0 unspecified atom stereocenters. The topological polar surface area (TPSA) is 65.0 Å². The van der Waals surface area contributed by atoms with Gasteiger partial charge in [0.15, 0.2) is 11.6 Å². The van der Waals surface area contributed by atoms with Crippen molar-refractivity contribution in [3.8, 4) is 22.6 Å². The molecule has 7 heteroatoms. The van der Waals surface area contributed by atoms with Crippen LogP contribution in [-0.4, -0.2) is 25.3 Å². The molecule has 206 valence electrons. The van der Waals surface area contributed by atoms with E-state index in [9.17, 15) is 9.90 Å². The Bertz CT molecular complexity index is 1430. The first-order valence-electron chi connectivity index (χ1n) is 13.2. The van der Waals surface area contributed by atoms with Gasteiger partial charge in [0.05, 0.1) is 19.1 Å². The molecule has 0 aromatic heterocycles. The summed E-state index contributed by atoms with van der Waals surface area (Å²) in [6, 6.07) is 13.7. The van der Waals surface area contributed by atoms with E-state index < -0.39 is 23.1 Å². The van der Waals surface area contributed by atoms with Gasteiger partial charge >= 0.3 is 5.97 Å². The Morgan fingerprint density at radius 3 is 2.49 bits per heavy atom. The summed E-state index contributed by atoms with van der Waals surface area (Å²) in [5.41, 5.74) is 3.09. The van der Waals surface area contributed by atoms with Gasteiger partial charge in [-0.15, -0.1) is 0 Å². The van der Waals surface area contributed by atoms with Crippen molar-refractivity contribution in [2.45, 2.75) is 58.2 Å². The Morgan fingerprint density at radius 2 is 1.85 bits per heavy atom. The van der Waals surface area contributed by atoms with Crippen molar-refractivity contribution < 1.29 is 32.9 Å². The zero-order valence-corrected chi connectivity index (χ0v) is 22.9. The van der Waals surface area contributed by atoms with Crippen molar-refractivity contribution in [2.75, 3.05) is 14.2 Å². The molecule has 39 heavy (non-hydrogen) atoms. The molecule has 5 rings (SSSR count). The first kappa shape index (κ1) is 27.1. The minimum atomic E-state index is -0.875. The molecular formula is C32H34F2O5. The van der Waals surface area contributed by atoms with Crippen LogP contribution >= 0.6 is 0 Å². The van der Waals surface area contributed by atoms with Gasteiger partial charge < -0.3 is 19.3 Å². The highest BCUT2D eigenvalue weighted by atomic mass is 19.1. The SMILES string of the molecule is COc1ccc(F)c(-c2ccc(COc3ccc4c(c3F)[C@@]3(CC4)C[C@@H]3C(=O)O)cc2[C@@H](OC)C(C)(C)C)c1. The largest absolute Gasteiger partial charge is 0.497 e. The van der Waals surface area contributed by atoms with Gasteiger partial charge in [-0.05, 0) is 77.3 Å². The fourth-order valence-corrected chi connectivity index (χ4v) is 6.23. The molecule has 0 bridgehead atoms. The van der Waals surface area contributed by atoms with Gasteiger partial charge in [-0.3, -0.25) is 4.79 Å². The van der Waals surface area contributed by atoms with Crippen molar-refractivity contribution in [2.24, 2.45) is 11.3 Å². The van der Waals surface area contributed by atoms with E-state index in [-0.39, 0.29) is 29.7 Å². The lowest BCUT2D eigenvalue weighted by atomic mass is 9.81. The standard InChI is InChI=1S/C32H34F2O5/c1-31(2,3)29(38-5)23-14-18(6-9-21(23)22-15-20(37-4)8-10-25(22)33)17-39-26-11-7-19-12-13-32(27(19)28(26)34)16-24(32)30(35)36/h6-11,14-15,24,29H,12-13,16-17H2,1-5H3,(H,35,36)/t24-,29-,32+/m1/s1. The summed E-state index contributed by atoms with van der Waals surface area (Å²) in [4.78, 5) is 11.6. The summed E-state index contributed by atoms with van der Waals surface area (Å²) in [6.45, 7) is 6.23. The number of ether oxygens (including phenoxy) is 3. The van der Waals surface area contributed by atoms with Crippen molar-refractivity contribution in [1.82, 2.24) is 0 Å². The van der Waals surface area contributed by atoms with E-state index in [1.165, 1.54) is 13.2 Å². The van der Waals surface area contributed by atoms with Crippen molar-refractivity contribution >= 4 is 5.97 Å². The van der Waals surface area contributed by atoms with E-state index in [0.29, 0.717) is 41.7 Å². The lowest BCUT2D eigenvalue weighted by Crippen LogP contribution is -2.21. The van der Waals surface area contributed by atoms with Crippen molar-refractivity contribution in [3.63, 3.8) is 0 Å². The minimum absolute atomic E-state index is 0.0829. The van der Waals surface area contributed by atoms with E-state index in [2.05, 4.69) is 0 Å². The van der Waals surface area contributed by atoms with Crippen LogP contribution in [-0.2, 0) is 28.0 Å². The maximum absolute atomic E-state index is 15.7. The Balaban J connectivity index is 1.48. The molecule has 1 saturated carbocycles. The molecule has 5 nitrogen and oxygen atoms in total. The van der Waals surface area contributed by atoms with Crippen molar-refractivity contribution in [3.05, 3.63) is 82.4 Å². The normalized spacial score (nSPS) is 20.5. The lowest BCUT2D eigenvalue weighted by molar-refractivity contribution is -0.139. The second kappa shape index (κ2) is 9.94. The van der Waals surface area contributed by atoms with E-state index >= 15 is 8.78 Å². The summed E-state index contributed by atoms with van der Waals surface area (Å²) in [7, 11) is 3.17.